The van der Waals surface area contributed by atoms with E-state index in [9.17, 15) is 0 Å². The lowest BCUT2D eigenvalue weighted by Crippen LogP contribution is -2.34. The summed E-state index contributed by atoms with van der Waals surface area (Å²) in [5, 5.41) is 8.66. The van der Waals surface area contributed by atoms with E-state index in [-0.39, 0.29) is 0 Å². The van der Waals surface area contributed by atoms with E-state index >= 15 is 0 Å². The Bertz CT molecular complexity index is 108. The molecule has 0 unspecified atom stereocenters. The van der Waals surface area contributed by atoms with Crippen molar-refractivity contribution in [1.82, 2.24) is 4.90 Å². The van der Waals surface area contributed by atoms with Crippen molar-refractivity contribution in [3.63, 3.8) is 0 Å². The lowest BCUT2D eigenvalue weighted by Gasteiger charge is -2.31. The van der Waals surface area contributed by atoms with E-state index in [0.29, 0.717) is 6.61 Å². The molecular formula is C10H20NO. The number of rotatable bonds is 4. The van der Waals surface area contributed by atoms with Crippen molar-refractivity contribution in [3.8, 4) is 0 Å². The lowest BCUT2D eigenvalue weighted by atomic mass is 9.94. The maximum atomic E-state index is 8.66. The van der Waals surface area contributed by atoms with Crippen LogP contribution in [0, 0.1) is 12.8 Å². The molecule has 0 amide bonds. The van der Waals surface area contributed by atoms with Gasteiger partial charge in [0, 0.05) is 13.2 Å². The van der Waals surface area contributed by atoms with Crippen LogP contribution in [0.15, 0.2) is 0 Å². The van der Waals surface area contributed by atoms with Crippen LogP contribution in [-0.2, 0) is 0 Å². The highest BCUT2D eigenvalue weighted by molar-refractivity contribution is 4.72. The molecule has 12 heavy (non-hydrogen) atoms. The number of aliphatic hydroxyl groups is 1. The van der Waals surface area contributed by atoms with E-state index in [2.05, 4.69) is 11.8 Å². The molecule has 1 radical (unpaired) electrons. The van der Waals surface area contributed by atoms with Gasteiger partial charge in [0.05, 0.1) is 0 Å². The number of aliphatic hydroxyl groups excluding tert-OH is 1. The van der Waals surface area contributed by atoms with Gasteiger partial charge in [-0.3, -0.25) is 0 Å². The Morgan fingerprint density at radius 1 is 1.33 bits per heavy atom. The number of hydrogen-bond donors (Lipinski definition) is 1. The Morgan fingerprint density at radius 2 is 2.00 bits per heavy atom. The highest BCUT2D eigenvalue weighted by Crippen LogP contribution is 2.19. The molecule has 0 bridgehead atoms. The molecule has 1 aliphatic rings. The maximum Gasteiger partial charge on any atom is 0.0443 e. The third-order valence-corrected chi connectivity index (χ3v) is 2.75. The van der Waals surface area contributed by atoms with Gasteiger partial charge in [-0.2, -0.15) is 0 Å². The monoisotopic (exact) mass is 170 g/mol. The summed E-state index contributed by atoms with van der Waals surface area (Å²) >= 11 is 0. The van der Waals surface area contributed by atoms with E-state index < -0.39 is 0 Å². The minimum atomic E-state index is 0.329. The summed E-state index contributed by atoms with van der Waals surface area (Å²) in [6.45, 7) is 7.75. The lowest BCUT2D eigenvalue weighted by molar-refractivity contribution is 0.168. The molecule has 0 atom stereocenters. The molecule has 0 aliphatic carbocycles. The summed E-state index contributed by atoms with van der Waals surface area (Å²) in [5.74, 6) is 0.857. The van der Waals surface area contributed by atoms with Crippen LogP contribution in [-0.4, -0.2) is 36.2 Å². The zero-order chi connectivity index (χ0) is 8.81. The van der Waals surface area contributed by atoms with Gasteiger partial charge < -0.3 is 10.0 Å². The van der Waals surface area contributed by atoms with Crippen molar-refractivity contribution < 1.29 is 5.11 Å². The molecule has 2 nitrogen and oxygen atoms in total. The Morgan fingerprint density at radius 3 is 2.50 bits per heavy atom. The fourth-order valence-corrected chi connectivity index (χ4v) is 1.79. The van der Waals surface area contributed by atoms with Crippen molar-refractivity contribution in [2.75, 3.05) is 26.2 Å². The zero-order valence-corrected chi connectivity index (χ0v) is 7.84. The normalized spacial score (nSPS) is 21.5. The van der Waals surface area contributed by atoms with Crippen LogP contribution in [0.3, 0.4) is 0 Å². The average molecular weight is 170 g/mol. The van der Waals surface area contributed by atoms with Crippen molar-refractivity contribution in [2.45, 2.75) is 25.7 Å². The summed E-state index contributed by atoms with van der Waals surface area (Å²) in [6, 6.07) is 0. The van der Waals surface area contributed by atoms with Crippen molar-refractivity contribution in [3.05, 3.63) is 6.92 Å². The van der Waals surface area contributed by atoms with Crippen LogP contribution in [0.25, 0.3) is 0 Å². The third kappa shape index (κ3) is 3.11. The topological polar surface area (TPSA) is 23.5 Å². The molecule has 0 saturated carbocycles. The minimum absolute atomic E-state index is 0.329. The van der Waals surface area contributed by atoms with Crippen LogP contribution >= 0.6 is 0 Å². The Hall–Kier alpha value is -0.0800. The summed E-state index contributed by atoms with van der Waals surface area (Å²) in [5.41, 5.74) is 0. The molecule has 0 aromatic carbocycles. The summed E-state index contributed by atoms with van der Waals surface area (Å²) in [4.78, 5) is 2.45. The second-order valence-corrected chi connectivity index (χ2v) is 3.65. The highest BCUT2D eigenvalue weighted by atomic mass is 16.3. The predicted octanol–water partition coefficient (Wildman–Crippen LogP) is 1.30. The Balaban J connectivity index is 2.09. The standard InChI is InChI=1S/C10H20NO/c1-2-10-4-7-11(8-5-10)6-3-9-12/h10,12H,1-9H2. The largest absolute Gasteiger partial charge is 0.396 e. The second kappa shape index (κ2) is 5.55. The fourth-order valence-electron chi connectivity index (χ4n) is 1.79. The van der Waals surface area contributed by atoms with Crippen molar-refractivity contribution >= 4 is 0 Å². The molecule has 1 rings (SSSR count). The molecular weight excluding hydrogens is 150 g/mol. The molecule has 1 heterocycles. The van der Waals surface area contributed by atoms with Gasteiger partial charge in [0.1, 0.15) is 0 Å². The summed E-state index contributed by atoms with van der Waals surface area (Å²) in [7, 11) is 0. The number of nitrogens with zero attached hydrogens (tertiary/aromatic N) is 1. The van der Waals surface area contributed by atoms with Gasteiger partial charge in [0.2, 0.25) is 0 Å². The van der Waals surface area contributed by atoms with E-state index in [1.54, 1.807) is 0 Å². The molecule has 1 aliphatic heterocycles. The van der Waals surface area contributed by atoms with Crippen LogP contribution in [0.2, 0.25) is 0 Å². The summed E-state index contributed by atoms with van der Waals surface area (Å²) < 4.78 is 0. The smallest absolute Gasteiger partial charge is 0.0443 e. The number of likely N-dealkylation sites (tertiary alicyclic amines) is 1. The van der Waals surface area contributed by atoms with Crippen molar-refractivity contribution in [1.29, 1.82) is 0 Å². The number of piperidine rings is 1. The SMILES string of the molecule is [CH2]CC1CCN(CCCO)CC1. The molecule has 1 saturated heterocycles. The van der Waals surface area contributed by atoms with Gasteiger partial charge in [-0.25, -0.2) is 0 Å². The predicted molar refractivity (Wildman–Crippen MR) is 50.8 cm³/mol. The highest BCUT2D eigenvalue weighted by Gasteiger charge is 2.16. The van der Waals surface area contributed by atoms with Crippen molar-refractivity contribution in [2.24, 2.45) is 5.92 Å². The number of hydrogen-bond acceptors (Lipinski definition) is 2. The molecule has 2 heteroatoms. The van der Waals surface area contributed by atoms with Gasteiger partial charge in [-0.15, -0.1) is 0 Å². The molecule has 0 aromatic rings. The average Bonchev–Trinajstić information content (AvgIpc) is 2.15. The van der Waals surface area contributed by atoms with E-state index in [0.717, 1.165) is 25.3 Å². The van der Waals surface area contributed by atoms with Gasteiger partial charge in [-0.1, -0.05) is 13.3 Å². The Labute approximate surface area is 75.6 Å². The fraction of sp³-hybridized carbons (Fsp3) is 0.900. The van der Waals surface area contributed by atoms with E-state index in [1.165, 1.54) is 25.9 Å². The first-order valence-electron chi connectivity index (χ1n) is 4.99. The first-order chi connectivity index (χ1) is 5.86. The third-order valence-electron chi connectivity index (χ3n) is 2.75. The first kappa shape index (κ1) is 10.0. The molecule has 1 N–H and O–H groups in total. The molecule has 0 spiro atoms. The van der Waals surface area contributed by atoms with Gasteiger partial charge in [0.25, 0.3) is 0 Å². The second-order valence-electron chi connectivity index (χ2n) is 3.65. The van der Waals surface area contributed by atoms with Gasteiger partial charge in [0.15, 0.2) is 0 Å². The summed E-state index contributed by atoms with van der Waals surface area (Å²) in [6.07, 6.45) is 4.62. The molecule has 71 valence electrons. The van der Waals surface area contributed by atoms with Crippen LogP contribution in [0.5, 0.6) is 0 Å². The quantitative estimate of drug-likeness (QED) is 0.687. The molecule has 1 fully saturated rings. The molecule has 0 aromatic heterocycles. The maximum absolute atomic E-state index is 8.66. The zero-order valence-electron chi connectivity index (χ0n) is 7.84. The van der Waals surface area contributed by atoms with E-state index in [4.69, 9.17) is 5.11 Å². The Kier molecular flexibility index (Phi) is 4.62. The van der Waals surface area contributed by atoms with Crippen LogP contribution < -0.4 is 0 Å². The van der Waals surface area contributed by atoms with Crippen LogP contribution in [0.4, 0.5) is 0 Å². The van der Waals surface area contributed by atoms with Gasteiger partial charge in [-0.05, 0) is 38.3 Å². The first-order valence-corrected chi connectivity index (χ1v) is 4.99. The van der Waals surface area contributed by atoms with Crippen LogP contribution in [0.1, 0.15) is 25.7 Å². The minimum Gasteiger partial charge on any atom is -0.396 e. The van der Waals surface area contributed by atoms with E-state index in [1.807, 2.05) is 0 Å². The van der Waals surface area contributed by atoms with Gasteiger partial charge >= 0.3 is 0 Å².